The minimum absolute atomic E-state index is 0.131. The largest absolute Gasteiger partial charge is 0.478 e. The molecule has 0 radical (unpaired) electrons. The normalized spacial score (nSPS) is 22.3. The second kappa shape index (κ2) is 6.53. The molecule has 1 aromatic rings. The van der Waals surface area contributed by atoms with Gasteiger partial charge in [-0.25, -0.2) is 4.79 Å². The van der Waals surface area contributed by atoms with E-state index in [0.29, 0.717) is 6.42 Å². The number of rotatable bonds is 4. The summed E-state index contributed by atoms with van der Waals surface area (Å²) in [5, 5.41) is 33.1. The number of nitrogens with one attached hydrogen (secondary N) is 1. The van der Waals surface area contributed by atoms with Gasteiger partial charge in [0.1, 0.15) is 5.69 Å². The first-order valence-electron chi connectivity index (χ1n) is 6.95. The molecule has 0 aliphatic heterocycles. The fourth-order valence-corrected chi connectivity index (χ4v) is 2.59. The Morgan fingerprint density at radius 3 is 2.67 bits per heavy atom. The maximum Gasteiger partial charge on any atom is 0.335 e. The molecule has 2 unspecified atom stereocenters. The summed E-state index contributed by atoms with van der Waals surface area (Å²) in [4.78, 5) is 21.4. The van der Waals surface area contributed by atoms with E-state index in [0.717, 1.165) is 31.7 Å². The van der Waals surface area contributed by atoms with Crippen molar-refractivity contribution in [2.24, 2.45) is 0 Å². The van der Waals surface area contributed by atoms with Crippen molar-refractivity contribution in [3.63, 3.8) is 0 Å². The first-order chi connectivity index (χ1) is 9.99. The van der Waals surface area contributed by atoms with Gasteiger partial charge in [0.15, 0.2) is 0 Å². The van der Waals surface area contributed by atoms with E-state index in [4.69, 9.17) is 5.11 Å². The highest BCUT2D eigenvalue weighted by atomic mass is 16.6. The molecular formula is C14H18N2O5. The van der Waals surface area contributed by atoms with Crippen LogP contribution in [0.1, 0.15) is 42.5 Å². The van der Waals surface area contributed by atoms with E-state index < -0.39 is 17.0 Å². The molecule has 0 bridgehead atoms. The third-order valence-electron chi connectivity index (χ3n) is 3.76. The summed E-state index contributed by atoms with van der Waals surface area (Å²) < 4.78 is 0. The Hall–Kier alpha value is -2.15. The van der Waals surface area contributed by atoms with Gasteiger partial charge in [-0.2, -0.15) is 0 Å². The van der Waals surface area contributed by atoms with Crippen LogP contribution in [0.3, 0.4) is 0 Å². The predicted molar refractivity (Wildman–Crippen MR) is 76.6 cm³/mol. The van der Waals surface area contributed by atoms with Gasteiger partial charge >= 0.3 is 5.97 Å². The van der Waals surface area contributed by atoms with Crippen molar-refractivity contribution in [3.05, 3.63) is 33.9 Å². The van der Waals surface area contributed by atoms with Gasteiger partial charge in [-0.1, -0.05) is 19.3 Å². The molecule has 21 heavy (non-hydrogen) atoms. The lowest BCUT2D eigenvalue weighted by Gasteiger charge is -2.22. The highest BCUT2D eigenvalue weighted by Crippen LogP contribution is 2.29. The van der Waals surface area contributed by atoms with Crippen molar-refractivity contribution in [1.29, 1.82) is 0 Å². The third kappa shape index (κ3) is 3.69. The molecular weight excluding hydrogens is 276 g/mol. The summed E-state index contributed by atoms with van der Waals surface area (Å²) in [5.41, 5.74) is -0.170. The number of nitro groups is 1. The number of benzene rings is 1. The van der Waals surface area contributed by atoms with Crippen molar-refractivity contribution in [2.45, 2.75) is 44.2 Å². The van der Waals surface area contributed by atoms with E-state index in [1.807, 2.05) is 0 Å². The number of carboxylic acid groups (broad SMARTS) is 1. The number of nitrogens with zero attached hydrogens (tertiary/aromatic N) is 1. The number of hydrogen-bond donors (Lipinski definition) is 3. The lowest BCUT2D eigenvalue weighted by Crippen LogP contribution is -2.32. The van der Waals surface area contributed by atoms with Crippen molar-refractivity contribution in [3.8, 4) is 0 Å². The Labute approximate surface area is 121 Å². The van der Waals surface area contributed by atoms with Crippen LogP contribution in [0, 0.1) is 10.1 Å². The second-order valence-corrected chi connectivity index (χ2v) is 5.25. The summed E-state index contributed by atoms with van der Waals surface area (Å²) in [5.74, 6) is -1.21. The SMILES string of the molecule is O=C(O)c1ccc(NC2CCCCCC2O)c([N+](=O)[O-])c1. The molecule has 1 aliphatic rings. The second-order valence-electron chi connectivity index (χ2n) is 5.25. The quantitative estimate of drug-likeness (QED) is 0.446. The summed E-state index contributed by atoms with van der Waals surface area (Å²) in [6, 6.07) is 3.50. The lowest BCUT2D eigenvalue weighted by atomic mass is 10.0. The molecule has 114 valence electrons. The minimum Gasteiger partial charge on any atom is -0.478 e. The molecule has 3 N–H and O–H groups in total. The van der Waals surface area contributed by atoms with Gasteiger partial charge < -0.3 is 15.5 Å². The van der Waals surface area contributed by atoms with E-state index in [9.17, 15) is 20.0 Å². The fraction of sp³-hybridized carbons (Fsp3) is 0.500. The Balaban J connectivity index is 2.26. The Morgan fingerprint density at radius 1 is 1.29 bits per heavy atom. The number of aromatic carboxylic acids is 1. The number of aliphatic hydroxyl groups is 1. The zero-order chi connectivity index (χ0) is 15.4. The van der Waals surface area contributed by atoms with E-state index in [-0.39, 0.29) is 23.0 Å². The van der Waals surface area contributed by atoms with E-state index in [2.05, 4.69) is 5.32 Å². The maximum atomic E-state index is 11.1. The van der Waals surface area contributed by atoms with Gasteiger partial charge in [-0.05, 0) is 25.0 Å². The molecule has 2 rings (SSSR count). The molecule has 1 saturated carbocycles. The Bertz CT molecular complexity index is 546. The molecule has 2 atom stereocenters. The van der Waals surface area contributed by atoms with Crippen molar-refractivity contribution >= 4 is 17.3 Å². The first-order valence-corrected chi connectivity index (χ1v) is 6.95. The molecule has 1 aliphatic carbocycles. The predicted octanol–water partition coefficient (Wildman–Crippen LogP) is 2.40. The molecule has 0 heterocycles. The van der Waals surface area contributed by atoms with Crippen LogP contribution in [0.5, 0.6) is 0 Å². The van der Waals surface area contributed by atoms with Gasteiger partial charge in [0.05, 0.1) is 22.6 Å². The van der Waals surface area contributed by atoms with Gasteiger partial charge in [0.2, 0.25) is 0 Å². The van der Waals surface area contributed by atoms with Crippen LogP contribution >= 0.6 is 0 Å². The molecule has 0 spiro atoms. The van der Waals surface area contributed by atoms with Crippen molar-refractivity contribution in [1.82, 2.24) is 0 Å². The van der Waals surface area contributed by atoms with Crippen molar-refractivity contribution in [2.75, 3.05) is 5.32 Å². The molecule has 1 aromatic carbocycles. The average Bonchev–Trinajstić information content (AvgIpc) is 2.64. The van der Waals surface area contributed by atoms with Crippen LogP contribution in [0.2, 0.25) is 0 Å². The summed E-state index contributed by atoms with van der Waals surface area (Å²) in [6.07, 6.45) is 3.79. The highest BCUT2D eigenvalue weighted by Gasteiger charge is 2.25. The lowest BCUT2D eigenvalue weighted by molar-refractivity contribution is -0.384. The van der Waals surface area contributed by atoms with Crippen LogP contribution in [0.4, 0.5) is 11.4 Å². The van der Waals surface area contributed by atoms with Gasteiger partial charge in [0.25, 0.3) is 5.69 Å². The van der Waals surface area contributed by atoms with E-state index >= 15 is 0 Å². The summed E-state index contributed by atoms with van der Waals surface area (Å²) >= 11 is 0. The molecule has 0 amide bonds. The smallest absolute Gasteiger partial charge is 0.335 e. The zero-order valence-corrected chi connectivity index (χ0v) is 11.5. The number of hydrogen-bond acceptors (Lipinski definition) is 5. The minimum atomic E-state index is -1.21. The fourth-order valence-electron chi connectivity index (χ4n) is 2.59. The first kappa shape index (κ1) is 15.2. The van der Waals surface area contributed by atoms with Crippen LogP contribution in [0.25, 0.3) is 0 Å². The number of carbonyl (C=O) groups is 1. The number of nitro benzene ring substituents is 1. The highest BCUT2D eigenvalue weighted by molar-refractivity contribution is 5.89. The maximum absolute atomic E-state index is 11.1. The summed E-state index contributed by atoms with van der Waals surface area (Å²) in [7, 11) is 0. The Kier molecular flexibility index (Phi) is 4.74. The number of aliphatic hydroxyl groups excluding tert-OH is 1. The molecule has 0 saturated heterocycles. The third-order valence-corrected chi connectivity index (χ3v) is 3.76. The number of anilines is 1. The van der Waals surface area contributed by atoms with E-state index in [1.54, 1.807) is 0 Å². The van der Waals surface area contributed by atoms with Gasteiger partial charge in [0, 0.05) is 6.07 Å². The topological polar surface area (TPSA) is 113 Å². The number of carboxylic acids is 1. The summed E-state index contributed by atoms with van der Waals surface area (Å²) in [6.45, 7) is 0. The molecule has 1 fully saturated rings. The average molecular weight is 294 g/mol. The van der Waals surface area contributed by atoms with Crippen LogP contribution < -0.4 is 5.32 Å². The van der Waals surface area contributed by atoms with Gasteiger partial charge in [-0.3, -0.25) is 10.1 Å². The Morgan fingerprint density at radius 2 is 2.00 bits per heavy atom. The molecule has 0 aromatic heterocycles. The van der Waals surface area contributed by atoms with E-state index in [1.165, 1.54) is 12.1 Å². The zero-order valence-electron chi connectivity index (χ0n) is 11.5. The van der Waals surface area contributed by atoms with Crippen LogP contribution in [-0.4, -0.2) is 33.3 Å². The standard InChI is InChI=1S/C14H18N2O5/c17-13-5-3-1-2-4-11(13)15-10-7-6-9(14(18)19)8-12(10)16(20)21/h6-8,11,13,15,17H,1-5H2,(H,18,19). The van der Waals surface area contributed by atoms with Gasteiger partial charge in [-0.15, -0.1) is 0 Å². The molecule has 7 heteroatoms. The van der Waals surface area contributed by atoms with Crippen LogP contribution in [-0.2, 0) is 0 Å². The van der Waals surface area contributed by atoms with Crippen LogP contribution in [0.15, 0.2) is 18.2 Å². The molecule has 7 nitrogen and oxygen atoms in total. The van der Waals surface area contributed by atoms with Crippen molar-refractivity contribution < 1.29 is 19.9 Å². The monoisotopic (exact) mass is 294 g/mol.